The Morgan fingerprint density at radius 2 is 2.31 bits per heavy atom. The molecule has 0 amide bonds. The molecule has 4 nitrogen and oxygen atoms in total. The van der Waals surface area contributed by atoms with Gasteiger partial charge in [-0.25, -0.2) is 8.78 Å². The Morgan fingerprint density at radius 1 is 1.69 bits per heavy atom. The quantitative estimate of drug-likeness (QED) is 0.833. The molecule has 1 aromatic heterocycles. The van der Waals surface area contributed by atoms with Crippen LogP contribution < -0.4 is 5.73 Å². The van der Waals surface area contributed by atoms with E-state index in [-0.39, 0.29) is 22.8 Å². The third-order valence-corrected chi connectivity index (χ3v) is 2.36. The third kappa shape index (κ3) is 2.57. The maximum absolute atomic E-state index is 12.4. The summed E-state index contributed by atoms with van der Waals surface area (Å²) in [7, 11) is 1.20. The fourth-order valence-corrected chi connectivity index (χ4v) is 1.29. The molecule has 2 N–H and O–H groups in total. The predicted octanol–water partition coefficient (Wildman–Crippen LogP) is 1.97. The fraction of sp³-hybridized carbons (Fsp3) is 0.333. The van der Waals surface area contributed by atoms with Gasteiger partial charge in [0.05, 0.1) is 35.5 Å². The highest BCUT2D eigenvalue weighted by Gasteiger charge is 2.18. The van der Waals surface area contributed by atoms with Crippen LogP contribution in [-0.2, 0) is 16.0 Å². The number of halogens is 3. The van der Waals surface area contributed by atoms with Crippen molar-refractivity contribution in [3.05, 3.63) is 22.5 Å². The molecule has 0 aliphatic rings. The lowest BCUT2D eigenvalue weighted by atomic mass is 10.2. The van der Waals surface area contributed by atoms with Gasteiger partial charge in [0, 0.05) is 6.20 Å². The zero-order valence-corrected chi connectivity index (χ0v) is 9.09. The monoisotopic (exact) mass is 250 g/mol. The van der Waals surface area contributed by atoms with Gasteiger partial charge in [-0.1, -0.05) is 11.6 Å². The van der Waals surface area contributed by atoms with E-state index in [9.17, 15) is 13.6 Å². The van der Waals surface area contributed by atoms with Gasteiger partial charge < -0.3 is 10.5 Å². The van der Waals surface area contributed by atoms with Crippen molar-refractivity contribution in [3.63, 3.8) is 0 Å². The van der Waals surface area contributed by atoms with Crippen molar-refractivity contribution in [2.45, 2.75) is 12.8 Å². The number of nitrogens with zero attached hydrogens (tertiary/aromatic N) is 1. The Balaban J connectivity index is 3.07. The summed E-state index contributed by atoms with van der Waals surface area (Å²) in [4.78, 5) is 14.6. The number of methoxy groups -OCH3 is 1. The molecule has 0 aliphatic heterocycles. The van der Waals surface area contributed by atoms with Crippen molar-refractivity contribution in [3.8, 4) is 0 Å². The largest absolute Gasteiger partial charge is 0.469 e. The minimum atomic E-state index is -2.75. The number of pyridine rings is 1. The van der Waals surface area contributed by atoms with Crippen LogP contribution in [0.1, 0.15) is 17.7 Å². The molecule has 0 unspecified atom stereocenters. The zero-order chi connectivity index (χ0) is 12.3. The summed E-state index contributed by atoms with van der Waals surface area (Å²) in [6, 6.07) is 0. The van der Waals surface area contributed by atoms with Gasteiger partial charge in [0.15, 0.2) is 0 Å². The van der Waals surface area contributed by atoms with Crippen molar-refractivity contribution in [2.24, 2.45) is 0 Å². The smallest absolute Gasteiger partial charge is 0.311 e. The van der Waals surface area contributed by atoms with Gasteiger partial charge in [-0.3, -0.25) is 9.78 Å². The molecule has 0 bridgehead atoms. The van der Waals surface area contributed by atoms with E-state index >= 15 is 0 Å². The van der Waals surface area contributed by atoms with Crippen LogP contribution in [0.4, 0.5) is 14.5 Å². The number of nitrogen functional groups attached to an aromatic ring is 1. The summed E-state index contributed by atoms with van der Waals surface area (Å²) in [5.41, 5.74) is 4.81. The Kier molecular flexibility index (Phi) is 4.00. The molecule has 0 fully saturated rings. The van der Waals surface area contributed by atoms with E-state index in [0.717, 1.165) is 6.20 Å². The molecule has 1 rings (SSSR count). The number of hydrogen-bond donors (Lipinski definition) is 1. The van der Waals surface area contributed by atoms with Crippen molar-refractivity contribution >= 4 is 23.3 Å². The number of alkyl halides is 2. The molecule has 0 atom stereocenters. The van der Waals surface area contributed by atoms with Gasteiger partial charge in [0.25, 0.3) is 6.43 Å². The summed E-state index contributed by atoms with van der Waals surface area (Å²) in [5.74, 6) is -0.571. The van der Waals surface area contributed by atoms with Crippen LogP contribution >= 0.6 is 11.6 Å². The summed E-state index contributed by atoms with van der Waals surface area (Å²) in [6.45, 7) is 0. The summed E-state index contributed by atoms with van der Waals surface area (Å²) >= 11 is 5.71. The first-order valence-corrected chi connectivity index (χ1v) is 4.62. The Hall–Kier alpha value is -1.43. The molecule has 0 radical (unpaired) electrons. The SMILES string of the molecule is COC(=O)Cc1ncc(C(F)F)c(N)c1Cl. The van der Waals surface area contributed by atoms with Crippen LogP contribution in [0.3, 0.4) is 0 Å². The van der Waals surface area contributed by atoms with Crippen molar-refractivity contribution in [2.75, 3.05) is 12.8 Å². The third-order valence-electron chi connectivity index (χ3n) is 1.93. The Labute approximate surface area is 95.4 Å². The second-order valence-electron chi connectivity index (χ2n) is 2.94. The molecular weight excluding hydrogens is 242 g/mol. The second-order valence-corrected chi connectivity index (χ2v) is 3.32. The van der Waals surface area contributed by atoms with E-state index in [4.69, 9.17) is 17.3 Å². The second kappa shape index (κ2) is 5.07. The molecule has 1 aromatic rings. The van der Waals surface area contributed by atoms with Crippen LogP contribution in [-0.4, -0.2) is 18.1 Å². The lowest BCUT2D eigenvalue weighted by molar-refractivity contribution is -0.139. The summed E-state index contributed by atoms with van der Waals surface area (Å²) < 4.78 is 29.2. The Bertz CT molecular complexity index is 413. The van der Waals surface area contributed by atoms with E-state index in [1.165, 1.54) is 7.11 Å². The number of ether oxygens (including phenoxy) is 1. The summed E-state index contributed by atoms with van der Waals surface area (Å²) in [6.07, 6.45) is -2.05. The lowest BCUT2D eigenvalue weighted by Gasteiger charge is -2.09. The van der Waals surface area contributed by atoms with E-state index in [1.54, 1.807) is 0 Å². The predicted molar refractivity (Wildman–Crippen MR) is 54.3 cm³/mol. The van der Waals surface area contributed by atoms with Gasteiger partial charge in [-0.2, -0.15) is 0 Å². The molecule has 7 heteroatoms. The highest BCUT2D eigenvalue weighted by atomic mass is 35.5. The number of hydrogen-bond acceptors (Lipinski definition) is 4. The van der Waals surface area contributed by atoms with E-state index < -0.39 is 18.0 Å². The number of carbonyl (C=O) groups excluding carboxylic acids is 1. The first kappa shape index (κ1) is 12.6. The van der Waals surface area contributed by atoms with Gasteiger partial charge in [-0.15, -0.1) is 0 Å². The minimum absolute atomic E-state index is 0.121. The number of anilines is 1. The van der Waals surface area contributed by atoms with Gasteiger partial charge in [0.1, 0.15) is 0 Å². The number of aromatic nitrogens is 1. The number of carbonyl (C=O) groups is 1. The van der Waals surface area contributed by atoms with Crippen LogP contribution in [0.5, 0.6) is 0 Å². The maximum atomic E-state index is 12.4. The van der Waals surface area contributed by atoms with Crippen molar-refractivity contribution in [1.82, 2.24) is 4.98 Å². The molecule has 1 heterocycles. The maximum Gasteiger partial charge on any atom is 0.311 e. The molecule has 0 spiro atoms. The van der Waals surface area contributed by atoms with Crippen LogP contribution in [0, 0.1) is 0 Å². The van der Waals surface area contributed by atoms with Crippen molar-refractivity contribution in [1.29, 1.82) is 0 Å². The molecule has 88 valence electrons. The first-order valence-electron chi connectivity index (χ1n) is 4.25. The average molecular weight is 251 g/mol. The minimum Gasteiger partial charge on any atom is -0.469 e. The topological polar surface area (TPSA) is 65.2 Å². The van der Waals surface area contributed by atoms with Crippen LogP contribution in [0.25, 0.3) is 0 Å². The van der Waals surface area contributed by atoms with E-state index in [0.29, 0.717) is 0 Å². The normalized spacial score (nSPS) is 10.6. The molecule has 0 aromatic carbocycles. The fourth-order valence-electron chi connectivity index (χ4n) is 1.06. The lowest BCUT2D eigenvalue weighted by Crippen LogP contribution is -2.09. The zero-order valence-electron chi connectivity index (χ0n) is 8.34. The van der Waals surface area contributed by atoms with Gasteiger partial charge in [-0.05, 0) is 0 Å². The molecule has 16 heavy (non-hydrogen) atoms. The summed E-state index contributed by atoms with van der Waals surface area (Å²) in [5, 5.41) is -0.136. The van der Waals surface area contributed by atoms with Crippen molar-refractivity contribution < 1.29 is 18.3 Å². The van der Waals surface area contributed by atoms with Crippen LogP contribution in [0.15, 0.2) is 6.20 Å². The van der Waals surface area contributed by atoms with E-state index in [2.05, 4.69) is 9.72 Å². The van der Waals surface area contributed by atoms with Crippen LogP contribution in [0.2, 0.25) is 5.02 Å². The average Bonchev–Trinajstić information content (AvgIpc) is 2.24. The highest BCUT2D eigenvalue weighted by molar-refractivity contribution is 6.34. The highest BCUT2D eigenvalue weighted by Crippen LogP contribution is 2.31. The molecule has 0 saturated carbocycles. The van der Waals surface area contributed by atoms with E-state index in [1.807, 2.05) is 0 Å². The molecule has 0 aliphatic carbocycles. The number of esters is 1. The number of nitrogens with two attached hydrogens (primary N) is 1. The standard InChI is InChI=1S/C9H9ClF2N2O2/c1-16-6(15)2-5-7(10)8(13)4(3-14-5)9(11)12/h3,9H,2H2,1H3,(H2,13,14). The van der Waals surface area contributed by atoms with Gasteiger partial charge in [0.2, 0.25) is 0 Å². The van der Waals surface area contributed by atoms with Gasteiger partial charge >= 0.3 is 5.97 Å². The first-order chi connectivity index (χ1) is 7.47. The Morgan fingerprint density at radius 3 is 2.81 bits per heavy atom. The molecule has 0 saturated heterocycles. The molecular formula is C9H9ClF2N2O2. The number of rotatable bonds is 3.